The number of phenolic OH excluding ortho intramolecular Hbond substituents is 1. The first-order chi connectivity index (χ1) is 15.1. The predicted molar refractivity (Wildman–Crippen MR) is 121 cm³/mol. The number of aryl methyl sites for hydroxylation is 1. The van der Waals surface area contributed by atoms with Crippen LogP contribution in [0.5, 0.6) is 5.75 Å². The van der Waals surface area contributed by atoms with Gasteiger partial charge in [-0.05, 0) is 61.8 Å². The molecule has 3 rings (SSSR count). The van der Waals surface area contributed by atoms with Gasteiger partial charge in [0, 0.05) is 24.7 Å². The molecular formula is C25H30FN3O2. The van der Waals surface area contributed by atoms with Crippen molar-refractivity contribution >= 4 is 0 Å². The largest absolute Gasteiger partial charge is 0.507 e. The number of benzene rings is 2. The first-order valence-corrected chi connectivity index (χ1v) is 10.9. The molecule has 1 N–H and O–H groups in total. The Bertz CT molecular complexity index is 1040. The summed E-state index contributed by atoms with van der Waals surface area (Å²) in [4.78, 5) is 14.5. The molecule has 0 unspecified atom stereocenters. The Morgan fingerprint density at radius 1 is 1.00 bits per heavy atom. The highest BCUT2D eigenvalue weighted by molar-refractivity contribution is 5.65. The molecule has 0 bridgehead atoms. The minimum absolute atomic E-state index is 0.133. The second-order valence-corrected chi connectivity index (χ2v) is 7.71. The Hall–Kier alpha value is -2.99. The molecule has 164 valence electrons. The number of aromatic nitrogens is 2. The zero-order valence-corrected chi connectivity index (χ0v) is 18.0. The van der Waals surface area contributed by atoms with Gasteiger partial charge < -0.3 is 5.11 Å². The topological polar surface area (TPSA) is 58.4 Å². The molecule has 0 aliphatic heterocycles. The summed E-state index contributed by atoms with van der Waals surface area (Å²) >= 11 is 0. The maximum absolute atomic E-state index is 13.4. The average Bonchev–Trinajstić information content (AvgIpc) is 2.77. The second kappa shape index (κ2) is 11.4. The van der Waals surface area contributed by atoms with Gasteiger partial charge in [-0.25, -0.2) is 9.07 Å². The first-order valence-electron chi connectivity index (χ1n) is 10.9. The maximum Gasteiger partial charge on any atom is 0.266 e. The summed E-state index contributed by atoms with van der Waals surface area (Å²) in [6.07, 6.45) is 4.00. The van der Waals surface area contributed by atoms with Crippen molar-refractivity contribution in [3.8, 4) is 17.0 Å². The van der Waals surface area contributed by atoms with Crippen molar-refractivity contribution in [3.63, 3.8) is 0 Å². The normalized spacial score (nSPS) is 11.2. The van der Waals surface area contributed by atoms with E-state index in [9.17, 15) is 14.3 Å². The molecule has 6 heteroatoms. The van der Waals surface area contributed by atoms with E-state index in [1.807, 2.05) is 12.1 Å². The molecule has 0 aliphatic carbocycles. The van der Waals surface area contributed by atoms with Crippen molar-refractivity contribution in [2.24, 2.45) is 0 Å². The van der Waals surface area contributed by atoms with Gasteiger partial charge in [0.1, 0.15) is 11.6 Å². The fourth-order valence-electron chi connectivity index (χ4n) is 3.64. The third-order valence-corrected chi connectivity index (χ3v) is 5.38. The van der Waals surface area contributed by atoms with Crippen LogP contribution in [0.15, 0.2) is 65.5 Å². The highest BCUT2D eigenvalue weighted by atomic mass is 19.1. The van der Waals surface area contributed by atoms with Crippen LogP contribution in [0.1, 0.15) is 38.2 Å². The van der Waals surface area contributed by atoms with E-state index in [4.69, 9.17) is 0 Å². The van der Waals surface area contributed by atoms with Crippen molar-refractivity contribution in [2.45, 2.75) is 45.7 Å². The molecule has 0 aliphatic rings. The Kier molecular flexibility index (Phi) is 8.35. The summed E-state index contributed by atoms with van der Waals surface area (Å²) < 4.78 is 14.8. The van der Waals surface area contributed by atoms with E-state index in [1.165, 1.54) is 16.8 Å². The number of halogens is 1. The zero-order valence-electron chi connectivity index (χ0n) is 18.0. The molecule has 0 saturated heterocycles. The van der Waals surface area contributed by atoms with Crippen LogP contribution in [0.2, 0.25) is 0 Å². The van der Waals surface area contributed by atoms with Gasteiger partial charge in [-0.1, -0.05) is 44.0 Å². The maximum atomic E-state index is 13.4. The van der Waals surface area contributed by atoms with E-state index in [2.05, 4.69) is 16.9 Å². The lowest BCUT2D eigenvalue weighted by molar-refractivity contribution is 0.271. The molecule has 0 radical (unpaired) electrons. The number of hydrogen-bond acceptors (Lipinski definition) is 4. The standard InChI is InChI=1S/C25H30FN3O2/c1-2-28(19-20-10-9-11-21(26)18-20)16-7-3-4-8-17-29-25(31)15-14-23(27-29)22-12-5-6-13-24(22)30/h5-6,9-15,18,30H,2-4,7-8,16-17,19H2,1H3. The Balaban J connectivity index is 1.44. The Morgan fingerprint density at radius 2 is 1.81 bits per heavy atom. The summed E-state index contributed by atoms with van der Waals surface area (Å²) in [6.45, 7) is 5.32. The van der Waals surface area contributed by atoms with Crippen LogP contribution in [-0.2, 0) is 13.1 Å². The summed E-state index contributed by atoms with van der Waals surface area (Å²) in [5, 5.41) is 14.4. The van der Waals surface area contributed by atoms with E-state index in [-0.39, 0.29) is 17.1 Å². The first kappa shape index (κ1) is 22.7. The fourth-order valence-corrected chi connectivity index (χ4v) is 3.64. The van der Waals surface area contributed by atoms with Crippen molar-refractivity contribution in [1.82, 2.24) is 14.7 Å². The van der Waals surface area contributed by atoms with Crippen molar-refractivity contribution in [3.05, 3.63) is 82.4 Å². The highest BCUT2D eigenvalue weighted by Crippen LogP contribution is 2.25. The molecule has 0 spiro atoms. The molecule has 2 aromatic carbocycles. The number of aromatic hydroxyl groups is 1. The van der Waals surface area contributed by atoms with Gasteiger partial charge in [-0.3, -0.25) is 9.69 Å². The van der Waals surface area contributed by atoms with Gasteiger partial charge in [0.25, 0.3) is 5.56 Å². The van der Waals surface area contributed by atoms with Crippen LogP contribution in [0.3, 0.4) is 0 Å². The van der Waals surface area contributed by atoms with Gasteiger partial charge in [-0.2, -0.15) is 5.10 Å². The Morgan fingerprint density at radius 3 is 2.58 bits per heavy atom. The highest BCUT2D eigenvalue weighted by Gasteiger charge is 2.08. The molecule has 1 aromatic heterocycles. The van der Waals surface area contributed by atoms with E-state index in [0.29, 0.717) is 17.8 Å². The zero-order chi connectivity index (χ0) is 22.1. The van der Waals surface area contributed by atoms with E-state index in [0.717, 1.165) is 50.9 Å². The van der Waals surface area contributed by atoms with E-state index < -0.39 is 0 Å². The van der Waals surface area contributed by atoms with Crippen molar-refractivity contribution in [2.75, 3.05) is 13.1 Å². The number of unbranched alkanes of at least 4 members (excludes halogenated alkanes) is 3. The lowest BCUT2D eigenvalue weighted by Crippen LogP contribution is -2.24. The molecule has 1 heterocycles. The third-order valence-electron chi connectivity index (χ3n) is 5.38. The van der Waals surface area contributed by atoms with Crippen LogP contribution in [0, 0.1) is 5.82 Å². The summed E-state index contributed by atoms with van der Waals surface area (Å²) in [5.41, 5.74) is 2.07. The number of hydrogen-bond donors (Lipinski definition) is 1. The van der Waals surface area contributed by atoms with Crippen LogP contribution < -0.4 is 5.56 Å². The fraction of sp³-hybridized carbons (Fsp3) is 0.360. The van der Waals surface area contributed by atoms with Gasteiger partial charge in [-0.15, -0.1) is 0 Å². The summed E-state index contributed by atoms with van der Waals surface area (Å²) in [6, 6.07) is 16.9. The monoisotopic (exact) mass is 423 g/mol. The van der Waals surface area contributed by atoms with Crippen molar-refractivity contribution in [1.29, 1.82) is 0 Å². The van der Waals surface area contributed by atoms with Crippen LogP contribution in [-0.4, -0.2) is 32.9 Å². The van der Waals surface area contributed by atoms with Gasteiger partial charge in [0.05, 0.1) is 5.69 Å². The van der Waals surface area contributed by atoms with Crippen molar-refractivity contribution < 1.29 is 9.50 Å². The SMILES string of the molecule is CCN(CCCCCCn1nc(-c2ccccc2O)ccc1=O)Cc1cccc(F)c1. The minimum atomic E-state index is -0.191. The molecule has 31 heavy (non-hydrogen) atoms. The summed E-state index contributed by atoms with van der Waals surface area (Å²) in [5.74, 6) is -0.0390. The van der Waals surface area contributed by atoms with Gasteiger partial charge in [0.15, 0.2) is 0 Å². The van der Waals surface area contributed by atoms with Crippen LogP contribution in [0.4, 0.5) is 4.39 Å². The van der Waals surface area contributed by atoms with E-state index >= 15 is 0 Å². The molecule has 0 atom stereocenters. The molecule has 0 saturated carbocycles. The van der Waals surface area contributed by atoms with Gasteiger partial charge in [0.2, 0.25) is 0 Å². The Labute approximate surface area is 182 Å². The van der Waals surface area contributed by atoms with Crippen LogP contribution >= 0.6 is 0 Å². The predicted octanol–water partition coefficient (Wildman–Crippen LogP) is 4.84. The minimum Gasteiger partial charge on any atom is -0.507 e. The molecule has 3 aromatic rings. The number of nitrogens with zero attached hydrogens (tertiary/aromatic N) is 3. The molecule has 0 amide bonds. The van der Waals surface area contributed by atoms with Crippen LogP contribution in [0.25, 0.3) is 11.3 Å². The molecular weight excluding hydrogens is 393 g/mol. The molecule has 0 fully saturated rings. The number of rotatable bonds is 11. The quantitative estimate of drug-likeness (QED) is 0.449. The molecule has 5 nitrogen and oxygen atoms in total. The number of phenols is 1. The number of para-hydroxylation sites is 1. The van der Waals surface area contributed by atoms with E-state index in [1.54, 1.807) is 36.4 Å². The average molecular weight is 424 g/mol. The van der Waals surface area contributed by atoms with Gasteiger partial charge >= 0.3 is 0 Å². The second-order valence-electron chi connectivity index (χ2n) is 7.71. The summed E-state index contributed by atoms with van der Waals surface area (Å²) in [7, 11) is 0. The lowest BCUT2D eigenvalue weighted by atomic mass is 10.1. The lowest BCUT2D eigenvalue weighted by Gasteiger charge is -2.20. The smallest absolute Gasteiger partial charge is 0.266 e. The third kappa shape index (κ3) is 6.76.